The van der Waals surface area contributed by atoms with Crippen molar-refractivity contribution in [1.29, 1.82) is 0 Å². The largest absolute Gasteiger partial charge is 0.478 e. The molecule has 21 heavy (non-hydrogen) atoms. The van der Waals surface area contributed by atoms with Crippen molar-refractivity contribution in [3.05, 3.63) is 54.6 Å². The first-order valence-electron chi connectivity index (χ1n) is 6.65. The van der Waals surface area contributed by atoms with Crippen LogP contribution in [0.3, 0.4) is 0 Å². The Labute approximate surface area is 121 Å². The molecule has 0 saturated carbocycles. The van der Waals surface area contributed by atoms with Crippen LogP contribution in [0.4, 0.5) is 0 Å². The number of fused-ring (bicyclic) bond motifs is 3. The lowest BCUT2D eigenvalue weighted by Gasteiger charge is -2.03. The number of hydrogen-bond acceptors (Lipinski definition) is 4. The van der Waals surface area contributed by atoms with Crippen molar-refractivity contribution in [2.45, 2.75) is 0 Å². The zero-order valence-corrected chi connectivity index (χ0v) is 11.4. The van der Waals surface area contributed by atoms with Crippen LogP contribution in [-0.4, -0.2) is 17.1 Å². The molecule has 0 aliphatic heterocycles. The fraction of sp³-hybridized carbons (Fsp3) is 0.0588. The van der Waals surface area contributed by atoms with Gasteiger partial charge in [-0.2, -0.15) is 4.98 Å². The summed E-state index contributed by atoms with van der Waals surface area (Å²) in [4.78, 5) is 9.12. The maximum Gasteiger partial charge on any atom is 0.261 e. The second-order valence-electron chi connectivity index (χ2n) is 4.70. The number of aromatic nitrogens is 2. The zero-order valence-electron chi connectivity index (χ0n) is 11.4. The normalized spacial score (nSPS) is 11.1. The summed E-state index contributed by atoms with van der Waals surface area (Å²) >= 11 is 0. The van der Waals surface area contributed by atoms with Crippen LogP contribution in [0.15, 0.2) is 59.0 Å². The lowest BCUT2D eigenvalue weighted by molar-refractivity contribution is 0.395. The highest BCUT2D eigenvalue weighted by molar-refractivity contribution is 6.04. The molecule has 0 N–H and O–H groups in total. The average molecular weight is 276 g/mol. The van der Waals surface area contributed by atoms with Crippen molar-refractivity contribution in [2.75, 3.05) is 7.11 Å². The first kappa shape index (κ1) is 11.9. The number of para-hydroxylation sites is 1. The minimum atomic E-state index is 0.454. The molecule has 4 aromatic rings. The highest BCUT2D eigenvalue weighted by atomic mass is 16.5. The van der Waals surface area contributed by atoms with Crippen LogP contribution in [0.5, 0.6) is 5.88 Å². The highest BCUT2D eigenvalue weighted by Gasteiger charge is 2.16. The minimum absolute atomic E-state index is 0.454. The first-order valence-corrected chi connectivity index (χ1v) is 6.65. The van der Waals surface area contributed by atoms with Gasteiger partial charge >= 0.3 is 0 Å². The van der Waals surface area contributed by atoms with Crippen LogP contribution >= 0.6 is 0 Å². The summed E-state index contributed by atoms with van der Waals surface area (Å²) in [5.74, 6) is 1.08. The van der Waals surface area contributed by atoms with Gasteiger partial charge in [0.15, 0.2) is 5.82 Å². The number of rotatable bonds is 2. The van der Waals surface area contributed by atoms with E-state index in [0.717, 1.165) is 22.0 Å². The second kappa shape index (κ2) is 4.59. The molecule has 102 valence electrons. The fourth-order valence-corrected chi connectivity index (χ4v) is 2.42. The van der Waals surface area contributed by atoms with E-state index in [9.17, 15) is 0 Å². The number of methoxy groups -OCH3 is 1. The van der Waals surface area contributed by atoms with E-state index in [1.807, 2.05) is 54.6 Å². The molecule has 0 fully saturated rings. The molecule has 0 bridgehead atoms. The van der Waals surface area contributed by atoms with E-state index in [1.54, 1.807) is 7.11 Å². The molecular weight excluding hydrogens is 264 g/mol. The number of nitrogens with zero attached hydrogens (tertiary/aromatic N) is 2. The monoisotopic (exact) mass is 276 g/mol. The Kier molecular flexibility index (Phi) is 2.60. The molecule has 0 aliphatic rings. The van der Waals surface area contributed by atoms with E-state index >= 15 is 0 Å². The maximum absolute atomic E-state index is 5.82. The highest BCUT2D eigenvalue weighted by Crippen LogP contribution is 2.33. The van der Waals surface area contributed by atoms with Crippen LogP contribution in [0, 0.1) is 0 Å². The smallest absolute Gasteiger partial charge is 0.261 e. The summed E-state index contributed by atoms with van der Waals surface area (Å²) in [5.41, 5.74) is 3.09. The molecule has 4 heteroatoms. The van der Waals surface area contributed by atoms with Gasteiger partial charge in [0.1, 0.15) is 11.1 Å². The molecule has 2 aromatic heterocycles. The molecule has 0 spiro atoms. The van der Waals surface area contributed by atoms with E-state index in [1.165, 1.54) is 0 Å². The Morgan fingerprint density at radius 3 is 2.48 bits per heavy atom. The third-order valence-electron chi connectivity index (χ3n) is 3.41. The second-order valence-corrected chi connectivity index (χ2v) is 4.70. The van der Waals surface area contributed by atoms with Gasteiger partial charge in [-0.05, 0) is 12.1 Å². The van der Waals surface area contributed by atoms with Gasteiger partial charge < -0.3 is 9.15 Å². The van der Waals surface area contributed by atoms with Gasteiger partial charge in [0.05, 0.1) is 7.11 Å². The zero-order chi connectivity index (χ0) is 14.2. The summed E-state index contributed by atoms with van der Waals surface area (Å²) in [6.45, 7) is 0. The summed E-state index contributed by atoms with van der Waals surface area (Å²) in [7, 11) is 1.59. The maximum atomic E-state index is 5.82. The van der Waals surface area contributed by atoms with Gasteiger partial charge in [-0.15, -0.1) is 0 Å². The third kappa shape index (κ3) is 1.84. The number of benzene rings is 2. The Hall–Kier alpha value is -2.88. The van der Waals surface area contributed by atoms with Crippen LogP contribution in [0.25, 0.3) is 33.5 Å². The number of furan rings is 1. The summed E-state index contributed by atoms with van der Waals surface area (Å²) < 4.78 is 11.2. The quantitative estimate of drug-likeness (QED) is 0.554. The van der Waals surface area contributed by atoms with Crippen molar-refractivity contribution < 1.29 is 9.15 Å². The summed E-state index contributed by atoms with van der Waals surface area (Å²) in [5, 5.41) is 0.963. The van der Waals surface area contributed by atoms with Crippen molar-refractivity contribution >= 4 is 22.1 Å². The van der Waals surface area contributed by atoms with Gasteiger partial charge in [-0.1, -0.05) is 42.5 Å². The van der Waals surface area contributed by atoms with Crippen molar-refractivity contribution in [2.24, 2.45) is 0 Å². The molecule has 0 atom stereocenters. The number of ether oxygens (including phenoxy) is 1. The summed E-state index contributed by atoms with van der Waals surface area (Å²) in [6, 6.07) is 17.6. The third-order valence-corrected chi connectivity index (χ3v) is 3.41. The molecule has 2 heterocycles. The Morgan fingerprint density at radius 1 is 0.905 bits per heavy atom. The van der Waals surface area contributed by atoms with E-state index < -0.39 is 0 Å². The van der Waals surface area contributed by atoms with Crippen LogP contribution in [0.2, 0.25) is 0 Å². The number of hydrogen-bond donors (Lipinski definition) is 0. The van der Waals surface area contributed by atoms with Crippen molar-refractivity contribution in [1.82, 2.24) is 9.97 Å². The van der Waals surface area contributed by atoms with Crippen LogP contribution in [-0.2, 0) is 0 Å². The van der Waals surface area contributed by atoms with E-state index in [0.29, 0.717) is 17.3 Å². The lowest BCUT2D eigenvalue weighted by atomic mass is 10.2. The van der Waals surface area contributed by atoms with Crippen molar-refractivity contribution in [3.63, 3.8) is 0 Å². The van der Waals surface area contributed by atoms with Gasteiger partial charge in [-0.25, -0.2) is 4.98 Å². The van der Waals surface area contributed by atoms with Crippen LogP contribution in [0.1, 0.15) is 0 Å². The van der Waals surface area contributed by atoms with Gasteiger partial charge in [0.2, 0.25) is 5.58 Å². The standard InChI is InChI=1S/C17H12N2O2/c1-20-17-15-14(12-9-5-6-10-13(12)21-15)18-16(19-17)11-7-3-2-4-8-11/h2-10H,1H3. The topological polar surface area (TPSA) is 48.2 Å². The molecule has 2 aromatic carbocycles. The Balaban J connectivity index is 2.08. The predicted octanol–water partition coefficient (Wildman–Crippen LogP) is 4.05. The summed E-state index contributed by atoms with van der Waals surface area (Å²) in [6.07, 6.45) is 0. The Bertz CT molecular complexity index is 929. The molecule has 0 saturated heterocycles. The lowest BCUT2D eigenvalue weighted by Crippen LogP contribution is -1.94. The fourth-order valence-electron chi connectivity index (χ4n) is 2.42. The van der Waals surface area contributed by atoms with Crippen molar-refractivity contribution in [3.8, 4) is 17.3 Å². The van der Waals surface area contributed by atoms with Gasteiger partial charge in [0, 0.05) is 10.9 Å². The van der Waals surface area contributed by atoms with E-state index in [-0.39, 0.29) is 0 Å². The average Bonchev–Trinajstić information content (AvgIpc) is 2.93. The molecular formula is C17H12N2O2. The first-order chi connectivity index (χ1) is 10.4. The predicted molar refractivity (Wildman–Crippen MR) is 81.3 cm³/mol. The van der Waals surface area contributed by atoms with E-state index in [2.05, 4.69) is 9.97 Å². The minimum Gasteiger partial charge on any atom is -0.478 e. The van der Waals surface area contributed by atoms with Crippen LogP contribution < -0.4 is 4.74 Å². The Morgan fingerprint density at radius 2 is 1.67 bits per heavy atom. The van der Waals surface area contributed by atoms with Gasteiger partial charge in [0.25, 0.3) is 5.88 Å². The van der Waals surface area contributed by atoms with Gasteiger partial charge in [-0.3, -0.25) is 0 Å². The molecule has 0 unspecified atom stereocenters. The molecule has 0 radical (unpaired) electrons. The molecule has 4 nitrogen and oxygen atoms in total. The molecule has 0 aliphatic carbocycles. The SMILES string of the molecule is COc1nc(-c2ccccc2)nc2c1oc1ccccc12. The molecule has 0 amide bonds. The van der Waals surface area contributed by atoms with E-state index in [4.69, 9.17) is 9.15 Å². The molecule has 4 rings (SSSR count).